The third kappa shape index (κ3) is 2.67. The van der Waals surface area contributed by atoms with Crippen molar-refractivity contribution in [1.29, 1.82) is 0 Å². The van der Waals surface area contributed by atoms with Crippen LogP contribution in [0.25, 0.3) is 0 Å². The summed E-state index contributed by atoms with van der Waals surface area (Å²) in [4.78, 5) is 28.3. The van der Waals surface area contributed by atoms with Crippen LogP contribution in [0.5, 0.6) is 0 Å². The smallest absolute Gasteiger partial charge is 0.257 e. The van der Waals surface area contributed by atoms with E-state index in [4.69, 9.17) is 0 Å². The van der Waals surface area contributed by atoms with Crippen LogP contribution in [-0.4, -0.2) is 30.3 Å². The minimum Gasteiger partial charge on any atom is -0.331 e. The van der Waals surface area contributed by atoms with E-state index in [1.54, 1.807) is 18.6 Å². The molecule has 2 aliphatic rings. The molecule has 0 radical (unpaired) electrons. The fourth-order valence-electron chi connectivity index (χ4n) is 3.55. The van der Waals surface area contributed by atoms with E-state index in [1.165, 1.54) is 0 Å². The maximum atomic E-state index is 13.2. The number of carbonyl (C=O) groups excluding carboxylic acids is 1. The summed E-state index contributed by atoms with van der Waals surface area (Å²) >= 11 is 0. The zero-order chi connectivity index (χ0) is 17.5. The number of amides is 1. The van der Waals surface area contributed by atoms with Gasteiger partial charge >= 0.3 is 0 Å². The molecule has 1 aliphatic carbocycles. The van der Waals surface area contributed by atoms with Gasteiger partial charge in [0.1, 0.15) is 11.6 Å². The van der Waals surface area contributed by atoms with E-state index >= 15 is 0 Å². The molecule has 26 heavy (non-hydrogen) atoms. The van der Waals surface area contributed by atoms with E-state index < -0.39 is 0 Å². The molecule has 3 aromatic rings. The lowest BCUT2D eigenvalue weighted by Gasteiger charge is -2.36. The zero-order valence-electron chi connectivity index (χ0n) is 14.3. The van der Waals surface area contributed by atoms with Crippen molar-refractivity contribution >= 4 is 5.91 Å². The Morgan fingerprint density at radius 3 is 2.54 bits per heavy atom. The first-order valence-electron chi connectivity index (χ1n) is 8.97. The molecule has 130 valence electrons. The lowest BCUT2D eigenvalue weighted by atomic mass is 10.0. The number of imidazole rings is 1. The van der Waals surface area contributed by atoms with Crippen LogP contribution >= 0.6 is 0 Å². The number of fused-ring (bicyclic) bond motifs is 1. The van der Waals surface area contributed by atoms with Crippen LogP contribution in [0.4, 0.5) is 0 Å². The van der Waals surface area contributed by atoms with Gasteiger partial charge in [0.2, 0.25) is 0 Å². The second kappa shape index (κ2) is 6.05. The fourth-order valence-corrected chi connectivity index (χ4v) is 3.55. The van der Waals surface area contributed by atoms with Crippen LogP contribution in [0.15, 0.2) is 55.1 Å². The highest BCUT2D eigenvalue weighted by Gasteiger charge is 2.33. The highest BCUT2D eigenvalue weighted by molar-refractivity contribution is 5.94. The summed E-state index contributed by atoms with van der Waals surface area (Å²) in [5.41, 5.74) is 1.66. The van der Waals surface area contributed by atoms with Crippen LogP contribution in [0.3, 0.4) is 0 Å². The van der Waals surface area contributed by atoms with E-state index in [1.807, 2.05) is 29.3 Å². The fraction of sp³-hybridized carbons (Fsp3) is 0.300. The van der Waals surface area contributed by atoms with Crippen LogP contribution in [-0.2, 0) is 13.1 Å². The van der Waals surface area contributed by atoms with E-state index in [0.29, 0.717) is 24.6 Å². The lowest BCUT2D eigenvalue weighted by molar-refractivity contribution is 0.0583. The van der Waals surface area contributed by atoms with Gasteiger partial charge in [-0.1, -0.05) is 30.3 Å². The van der Waals surface area contributed by atoms with Gasteiger partial charge in [0.25, 0.3) is 5.91 Å². The van der Waals surface area contributed by atoms with Crippen LogP contribution < -0.4 is 0 Å². The van der Waals surface area contributed by atoms with Gasteiger partial charge in [-0.25, -0.2) is 15.0 Å². The van der Waals surface area contributed by atoms with E-state index in [-0.39, 0.29) is 11.9 Å². The average Bonchev–Trinajstić information content (AvgIpc) is 3.45. The van der Waals surface area contributed by atoms with Crippen LogP contribution in [0.1, 0.15) is 52.4 Å². The molecule has 2 aromatic heterocycles. The Morgan fingerprint density at radius 2 is 1.81 bits per heavy atom. The molecule has 6 nitrogen and oxygen atoms in total. The van der Waals surface area contributed by atoms with Crippen LogP contribution in [0.2, 0.25) is 0 Å². The van der Waals surface area contributed by atoms with Crippen molar-refractivity contribution in [3.05, 3.63) is 77.9 Å². The Bertz CT molecular complexity index is 930. The first-order valence-corrected chi connectivity index (χ1v) is 8.97. The van der Waals surface area contributed by atoms with Gasteiger partial charge in [-0.2, -0.15) is 0 Å². The summed E-state index contributed by atoms with van der Waals surface area (Å²) in [7, 11) is 0. The van der Waals surface area contributed by atoms with Gasteiger partial charge in [-0.05, 0) is 18.4 Å². The molecule has 1 saturated carbocycles. The highest BCUT2D eigenvalue weighted by Crippen LogP contribution is 2.37. The van der Waals surface area contributed by atoms with Crippen molar-refractivity contribution in [2.75, 3.05) is 0 Å². The molecule has 1 aliphatic heterocycles. The van der Waals surface area contributed by atoms with E-state index in [2.05, 4.69) is 31.7 Å². The second-order valence-corrected chi connectivity index (χ2v) is 6.96. The monoisotopic (exact) mass is 345 g/mol. The summed E-state index contributed by atoms with van der Waals surface area (Å²) < 4.78 is 2.12. The summed E-state index contributed by atoms with van der Waals surface area (Å²) in [6, 6.07) is 10.1. The Balaban J connectivity index is 1.48. The molecule has 1 fully saturated rings. The predicted molar refractivity (Wildman–Crippen MR) is 95.3 cm³/mol. The number of carbonyl (C=O) groups is 1. The average molecular weight is 345 g/mol. The summed E-state index contributed by atoms with van der Waals surface area (Å²) in [6.07, 6.45) is 9.41. The van der Waals surface area contributed by atoms with E-state index in [0.717, 1.165) is 30.1 Å². The molecule has 6 heteroatoms. The van der Waals surface area contributed by atoms with Gasteiger partial charge in [0.15, 0.2) is 0 Å². The normalized spacial score (nSPS) is 19.2. The molecule has 0 saturated heterocycles. The van der Waals surface area contributed by atoms with Gasteiger partial charge in [0, 0.05) is 37.3 Å². The topological polar surface area (TPSA) is 63.9 Å². The molecule has 0 spiro atoms. The van der Waals surface area contributed by atoms with Gasteiger partial charge in [-0.3, -0.25) is 4.79 Å². The number of rotatable bonds is 3. The van der Waals surface area contributed by atoms with Crippen molar-refractivity contribution in [2.24, 2.45) is 0 Å². The third-order valence-electron chi connectivity index (χ3n) is 5.17. The summed E-state index contributed by atoms with van der Waals surface area (Å²) in [5.74, 6) is 2.20. The third-order valence-corrected chi connectivity index (χ3v) is 5.17. The number of hydrogen-bond donors (Lipinski definition) is 0. The lowest BCUT2D eigenvalue weighted by Crippen LogP contribution is -2.41. The minimum absolute atomic E-state index is 0.0338. The Kier molecular flexibility index (Phi) is 3.55. The van der Waals surface area contributed by atoms with Gasteiger partial charge < -0.3 is 9.47 Å². The molecule has 0 bridgehead atoms. The highest BCUT2D eigenvalue weighted by atomic mass is 16.2. The zero-order valence-corrected chi connectivity index (χ0v) is 14.3. The van der Waals surface area contributed by atoms with Crippen molar-refractivity contribution in [1.82, 2.24) is 24.4 Å². The standard InChI is InChI=1S/C20H19N5O/c26-20(16-10-22-19(23-11-16)15-6-7-15)25-13-18-21-8-9-24(18)12-17(25)14-4-2-1-3-5-14/h1-5,8-11,15,17H,6-7,12-13H2. The molecule has 1 unspecified atom stereocenters. The maximum absolute atomic E-state index is 13.2. The second-order valence-electron chi connectivity index (χ2n) is 6.96. The molecular weight excluding hydrogens is 326 g/mol. The SMILES string of the molecule is O=C(c1cnc(C2CC2)nc1)N1Cc2nccn2CC1c1ccccc1. The summed E-state index contributed by atoms with van der Waals surface area (Å²) in [5, 5.41) is 0. The maximum Gasteiger partial charge on any atom is 0.257 e. The van der Waals surface area contributed by atoms with Crippen molar-refractivity contribution in [3.8, 4) is 0 Å². The van der Waals surface area contributed by atoms with Crippen LogP contribution in [0, 0.1) is 0 Å². The van der Waals surface area contributed by atoms with Gasteiger partial charge in [0.05, 0.1) is 18.2 Å². The quantitative estimate of drug-likeness (QED) is 0.732. The molecule has 1 atom stereocenters. The predicted octanol–water partition coefficient (Wildman–Crippen LogP) is 2.95. The van der Waals surface area contributed by atoms with Crippen molar-refractivity contribution in [2.45, 2.75) is 37.9 Å². The Labute approximate surface area is 151 Å². The summed E-state index contributed by atoms with van der Waals surface area (Å²) in [6.45, 7) is 1.18. The molecule has 5 rings (SSSR count). The Hall–Kier alpha value is -3.02. The largest absolute Gasteiger partial charge is 0.331 e. The molecule has 1 amide bonds. The minimum atomic E-state index is -0.0459. The number of benzene rings is 1. The van der Waals surface area contributed by atoms with E-state index in [9.17, 15) is 4.79 Å². The number of hydrogen-bond acceptors (Lipinski definition) is 4. The first kappa shape index (κ1) is 15.3. The molecule has 3 heterocycles. The van der Waals surface area contributed by atoms with Gasteiger partial charge in [-0.15, -0.1) is 0 Å². The molecule has 0 N–H and O–H groups in total. The number of aromatic nitrogens is 4. The van der Waals surface area contributed by atoms with Crippen molar-refractivity contribution in [3.63, 3.8) is 0 Å². The first-order chi connectivity index (χ1) is 12.8. The Morgan fingerprint density at radius 1 is 1.04 bits per heavy atom. The molecule has 1 aromatic carbocycles. The van der Waals surface area contributed by atoms with Crippen molar-refractivity contribution < 1.29 is 4.79 Å². The molecular formula is C20H19N5O. The number of nitrogens with zero attached hydrogens (tertiary/aromatic N) is 5.